The molecule has 5 heteroatoms. The lowest BCUT2D eigenvalue weighted by atomic mass is 10.1. The first kappa shape index (κ1) is 16.7. The van der Waals surface area contributed by atoms with Crippen LogP contribution in [0.1, 0.15) is 23.5 Å². The number of nitrogens with one attached hydrogen (secondary N) is 2. The van der Waals surface area contributed by atoms with Gasteiger partial charge < -0.3 is 15.4 Å². The molecule has 1 aliphatic rings. The molecule has 3 rings (SSSR count). The number of halogens is 1. The van der Waals surface area contributed by atoms with Gasteiger partial charge in [0.25, 0.3) is 0 Å². The minimum Gasteiger partial charge on any atom is -0.497 e. The number of aliphatic imine (C=N–C) groups is 1. The maximum absolute atomic E-state index is 6.07. The molecule has 24 heavy (non-hydrogen) atoms. The monoisotopic (exact) mass is 343 g/mol. The van der Waals surface area contributed by atoms with Crippen LogP contribution in [0.3, 0.4) is 0 Å². The van der Waals surface area contributed by atoms with Crippen molar-refractivity contribution in [2.24, 2.45) is 4.99 Å². The Bertz CT molecular complexity index is 732. The highest BCUT2D eigenvalue weighted by Crippen LogP contribution is 2.41. The molecule has 2 aromatic rings. The predicted molar refractivity (Wildman–Crippen MR) is 98.9 cm³/mol. The van der Waals surface area contributed by atoms with Crippen molar-refractivity contribution < 1.29 is 4.74 Å². The fourth-order valence-electron chi connectivity index (χ4n) is 2.80. The summed E-state index contributed by atoms with van der Waals surface area (Å²) in [5.74, 6) is 2.17. The molecule has 0 aliphatic heterocycles. The molecule has 1 aliphatic carbocycles. The lowest BCUT2D eigenvalue weighted by molar-refractivity contribution is 0.414. The van der Waals surface area contributed by atoms with Crippen molar-refractivity contribution in [1.29, 1.82) is 0 Å². The van der Waals surface area contributed by atoms with Crippen molar-refractivity contribution in [3.05, 3.63) is 64.7 Å². The molecule has 2 atom stereocenters. The van der Waals surface area contributed by atoms with E-state index < -0.39 is 0 Å². The summed E-state index contributed by atoms with van der Waals surface area (Å²) in [4.78, 5) is 4.31. The second-order valence-corrected chi connectivity index (χ2v) is 6.36. The quantitative estimate of drug-likeness (QED) is 0.644. The lowest BCUT2D eigenvalue weighted by Crippen LogP contribution is -2.38. The number of hydrogen-bond donors (Lipinski definition) is 2. The lowest BCUT2D eigenvalue weighted by Gasteiger charge is -2.12. The maximum Gasteiger partial charge on any atom is 0.191 e. The predicted octanol–water partition coefficient (Wildman–Crippen LogP) is 3.57. The number of rotatable bonds is 5. The third-order valence-corrected chi connectivity index (χ3v) is 4.44. The van der Waals surface area contributed by atoms with Crippen molar-refractivity contribution in [3.8, 4) is 5.75 Å². The first-order chi connectivity index (χ1) is 11.7. The minimum absolute atomic E-state index is 0.403. The third kappa shape index (κ3) is 4.20. The zero-order chi connectivity index (χ0) is 16.9. The zero-order valence-electron chi connectivity index (χ0n) is 13.9. The fourth-order valence-corrected chi connectivity index (χ4v) is 3.00. The number of hydrogen-bond acceptors (Lipinski definition) is 2. The highest BCUT2D eigenvalue weighted by molar-refractivity contribution is 6.30. The first-order valence-corrected chi connectivity index (χ1v) is 8.43. The topological polar surface area (TPSA) is 45.7 Å². The van der Waals surface area contributed by atoms with Gasteiger partial charge >= 0.3 is 0 Å². The molecule has 2 unspecified atom stereocenters. The van der Waals surface area contributed by atoms with Gasteiger partial charge in [0.05, 0.1) is 7.11 Å². The summed E-state index contributed by atoms with van der Waals surface area (Å²) >= 11 is 6.07. The van der Waals surface area contributed by atoms with Crippen LogP contribution in [-0.2, 0) is 6.54 Å². The van der Waals surface area contributed by atoms with E-state index in [0.717, 1.165) is 28.7 Å². The smallest absolute Gasteiger partial charge is 0.191 e. The molecule has 0 radical (unpaired) electrons. The largest absolute Gasteiger partial charge is 0.497 e. The average molecular weight is 344 g/mol. The Labute approximate surface area is 147 Å². The molecule has 4 nitrogen and oxygen atoms in total. The standard InChI is InChI=1S/C19H22ClN3O/c1-21-19(22-12-13-5-3-8-16(9-13)24-2)23-18-11-17(18)14-6-4-7-15(20)10-14/h3-10,17-18H,11-12H2,1-2H3,(H2,21,22,23). The van der Waals surface area contributed by atoms with Gasteiger partial charge in [-0.3, -0.25) is 4.99 Å². The Morgan fingerprint density at radius 3 is 2.83 bits per heavy atom. The van der Waals surface area contributed by atoms with Crippen LogP contribution in [0.5, 0.6) is 5.75 Å². The van der Waals surface area contributed by atoms with E-state index in [2.05, 4.69) is 27.8 Å². The van der Waals surface area contributed by atoms with Crippen molar-refractivity contribution in [3.63, 3.8) is 0 Å². The van der Waals surface area contributed by atoms with Crippen LogP contribution in [0.4, 0.5) is 0 Å². The molecule has 0 bridgehead atoms. The second-order valence-electron chi connectivity index (χ2n) is 5.93. The summed E-state index contributed by atoms with van der Waals surface area (Å²) in [5, 5.41) is 7.61. The highest BCUT2D eigenvalue weighted by Gasteiger charge is 2.39. The normalized spacial score (nSPS) is 19.7. The van der Waals surface area contributed by atoms with Crippen LogP contribution >= 0.6 is 11.6 Å². The van der Waals surface area contributed by atoms with Crippen molar-refractivity contribution in [2.45, 2.75) is 24.9 Å². The van der Waals surface area contributed by atoms with Gasteiger partial charge in [-0.05, 0) is 41.8 Å². The summed E-state index contributed by atoms with van der Waals surface area (Å²) in [7, 11) is 3.47. The SMILES string of the molecule is CN=C(NCc1cccc(OC)c1)NC1CC1c1cccc(Cl)c1. The molecule has 126 valence electrons. The van der Waals surface area contributed by atoms with E-state index in [1.54, 1.807) is 14.2 Å². The molecular formula is C19H22ClN3O. The van der Waals surface area contributed by atoms with Crippen molar-refractivity contribution in [1.82, 2.24) is 10.6 Å². The van der Waals surface area contributed by atoms with Crippen LogP contribution in [0.2, 0.25) is 5.02 Å². The molecule has 0 spiro atoms. The minimum atomic E-state index is 0.403. The van der Waals surface area contributed by atoms with Gasteiger partial charge in [0.1, 0.15) is 5.75 Å². The van der Waals surface area contributed by atoms with Crippen LogP contribution in [0.15, 0.2) is 53.5 Å². The summed E-state index contributed by atoms with van der Waals surface area (Å²) in [6.45, 7) is 0.700. The summed E-state index contributed by atoms with van der Waals surface area (Å²) in [6.07, 6.45) is 1.10. The van der Waals surface area contributed by atoms with Crippen LogP contribution in [0.25, 0.3) is 0 Å². The van der Waals surface area contributed by atoms with E-state index in [9.17, 15) is 0 Å². The third-order valence-electron chi connectivity index (χ3n) is 4.21. The number of nitrogens with zero attached hydrogens (tertiary/aromatic N) is 1. The Morgan fingerprint density at radius 2 is 2.08 bits per heavy atom. The number of guanidine groups is 1. The van der Waals surface area contributed by atoms with E-state index in [1.165, 1.54) is 5.56 Å². The molecule has 0 saturated heterocycles. The highest BCUT2D eigenvalue weighted by atomic mass is 35.5. The van der Waals surface area contributed by atoms with Gasteiger partial charge in [-0.2, -0.15) is 0 Å². The zero-order valence-corrected chi connectivity index (χ0v) is 14.7. The van der Waals surface area contributed by atoms with E-state index in [1.807, 2.05) is 36.4 Å². The van der Waals surface area contributed by atoms with Gasteiger partial charge in [0.2, 0.25) is 0 Å². The molecule has 1 saturated carbocycles. The Kier molecular flexibility index (Phi) is 5.26. The molecular weight excluding hydrogens is 322 g/mol. The molecule has 2 aromatic carbocycles. The maximum atomic E-state index is 6.07. The van der Waals surface area contributed by atoms with Crippen molar-refractivity contribution >= 4 is 17.6 Å². The molecule has 2 N–H and O–H groups in total. The van der Waals surface area contributed by atoms with Crippen molar-refractivity contribution in [2.75, 3.05) is 14.2 Å². The Balaban J connectivity index is 1.53. The van der Waals surface area contributed by atoms with E-state index in [0.29, 0.717) is 18.5 Å². The van der Waals surface area contributed by atoms with Gasteiger partial charge in [0.15, 0.2) is 5.96 Å². The molecule has 0 aromatic heterocycles. The number of benzene rings is 2. The molecule has 0 heterocycles. The first-order valence-electron chi connectivity index (χ1n) is 8.05. The number of methoxy groups -OCH3 is 1. The van der Waals surface area contributed by atoms with Gasteiger partial charge in [0, 0.05) is 30.6 Å². The van der Waals surface area contributed by atoms with Gasteiger partial charge in [-0.15, -0.1) is 0 Å². The summed E-state index contributed by atoms with van der Waals surface area (Å²) in [6, 6.07) is 16.5. The number of ether oxygens (including phenoxy) is 1. The average Bonchev–Trinajstić information content (AvgIpc) is 3.38. The van der Waals surface area contributed by atoms with Gasteiger partial charge in [-0.1, -0.05) is 35.9 Å². The summed E-state index contributed by atoms with van der Waals surface area (Å²) in [5.41, 5.74) is 2.43. The van der Waals surface area contributed by atoms with Crippen LogP contribution < -0.4 is 15.4 Å². The summed E-state index contributed by atoms with van der Waals surface area (Å²) < 4.78 is 5.25. The second kappa shape index (κ2) is 7.58. The van der Waals surface area contributed by atoms with E-state index in [-0.39, 0.29) is 0 Å². The van der Waals surface area contributed by atoms with E-state index >= 15 is 0 Å². The Morgan fingerprint density at radius 1 is 1.25 bits per heavy atom. The van der Waals surface area contributed by atoms with Crippen LogP contribution in [-0.4, -0.2) is 26.2 Å². The Hall–Kier alpha value is -2.20. The van der Waals surface area contributed by atoms with Gasteiger partial charge in [-0.25, -0.2) is 0 Å². The molecule has 0 amide bonds. The molecule has 1 fully saturated rings. The van der Waals surface area contributed by atoms with Crippen LogP contribution in [0, 0.1) is 0 Å². The fraction of sp³-hybridized carbons (Fsp3) is 0.316. The van der Waals surface area contributed by atoms with E-state index in [4.69, 9.17) is 16.3 Å².